The fraction of sp³-hybridized carbons (Fsp3) is 0.172. The highest BCUT2D eigenvalue weighted by atomic mass is 16.5. The van der Waals surface area contributed by atoms with Crippen LogP contribution in [0.4, 0.5) is 0 Å². The zero-order chi connectivity index (χ0) is 23.3. The molecule has 1 aromatic heterocycles. The van der Waals surface area contributed by atoms with Crippen LogP contribution in [0, 0.1) is 0 Å². The minimum absolute atomic E-state index is 0.0219. The topological polar surface area (TPSA) is 53.3 Å². The van der Waals surface area contributed by atoms with Gasteiger partial charge in [0.25, 0.3) is 5.56 Å². The van der Waals surface area contributed by atoms with Gasteiger partial charge in [0.1, 0.15) is 17.3 Å². The van der Waals surface area contributed by atoms with Crippen molar-refractivity contribution in [2.45, 2.75) is 19.4 Å². The van der Waals surface area contributed by atoms with Crippen molar-refractivity contribution in [3.63, 3.8) is 0 Å². The second-order valence-corrected chi connectivity index (χ2v) is 8.17. The molecule has 0 saturated carbocycles. The van der Waals surface area contributed by atoms with E-state index in [0.29, 0.717) is 29.9 Å². The number of benzene rings is 4. The van der Waals surface area contributed by atoms with Gasteiger partial charge in [-0.1, -0.05) is 48.5 Å². The van der Waals surface area contributed by atoms with E-state index in [4.69, 9.17) is 14.5 Å². The molecule has 5 nitrogen and oxygen atoms in total. The summed E-state index contributed by atoms with van der Waals surface area (Å²) in [4.78, 5) is 18.2. The minimum Gasteiger partial charge on any atom is -0.497 e. The van der Waals surface area contributed by atoms with E-state index in [1.165, 1.54) is 0 Å². The fourth-order valence-electron chi connectivity index (χ4n) is 4.21. The van der Waals surface area contributed by atoms with Crippen LogP contribution in [0.25, 0.3) is 33.1 Å². The zero-order valence-corrected chi connectivity index (χ0v) is 19.1. The maximum atomic E-state index is 13.3. The number of hydrogen-bond acceptors (Lipinski definition) is 4. The predicted molar refractivity (Wildman–Crippen MR) is 137 cm³/mol. The molecule has 0 aliphatic carbocycles. The number of rotatable bonds is 8. The van der Waals surface area contributed by atoms with Crippen LogP contribution in [0.2, 0.25) is 0 Å². The summed E-state index contributed by atoms with van der Waals surface area (Å²) in [5, 5.41) is 2.91. The smallest absolute Gasteiger partial charge is 0.261 e. The van der Waals surface area contributed by atoms with Crippen molar-refractivity contribution in [1.29, 1.82) is 0 Å². The molecular formula is C29H26N2O3. The van der Waals surface area contributed by atoms with Crippen LogP contribution >= 0.6 is 0 Å². The summed E-state index contributed by atoms with van der Waals surface area (Å²) in [5.41, 5.74) is 1.57. The van der Waals surface area contributed by atoms with Crippen molar-refractivity contribution in [2.24, 2.45) is 0 Å². The third-order valence-corrected chi connectivity index (χ3v) is 5.99. The van der Waals surface area contributed by atoms with E-state index < -0.39 is 0 Å². The van der Waals surface area contributed by atoms with Crippen LogP contribution in [-0.4, -0.2) is 23.3 Å². The average Bonchev–Trinajstić information content (AvgIpc) is 2.89. The highest BCUT2D eigenvalue weighted by Crippen LogP contribution is 2.26. The molecular weight excluding hydrogens is 424 g/mol. The number of methoxy groups -OCH3 is 1. The van der Waals surface area contributed by atoms with Crippen LogP contribution < -0.4 is 15.0 Å². The van der Waals surface area contributed by atoms with Crippen LogP contribution in [-0.2, 0) is 6.54 Å². The fourth-order valence-corrected chi connectivity index (χ4v) is 4.21. The molecule has 5 heteroatoms. The minimum atomic E-state index is -0.0219. The number of ether oxygens (including phenoxy) is 2. The maximum absolute atomic E-state index is 13.3. The van der Waals surface area contributed by atoms with E-state index >= 15 is 0 Å². The Kier molecular flexibility index (Phi) is 6.25. The number of aromatic nitrogens is 2. The van der Waals surface area contributed by atoms with Gasteiger partial charge < -0.3 is 9.47 Å². The molecule has 0 amide bonds. The lowest BCUT2D eigenvalue weighted by Crippen LogP contribution is -2.24. The van der Waals surface area contributed by atoms with Gasteiger partial charge in [0.05, 0.1) is 24.6 Å². The Morgan fingerprint density at radius 1 is 0.794 bits per heavy atom. The normalized spacial score (nSPS) is 11.1. The van der Waals surface area contributed by atoms with Gasteiger partial charge in [-0.2, -0.15) is 0 Å². The Bertz CT molecular complexity index is 1480. The van der Waals surface area contributed by atoms with Gasteiger partial charge in [-0.25, -0.2) is 4.98 Å². The molecule has 0 saturated heterocycles. The van der Waals surface area contributed by atoms with Crippen molar-refractivity contribution >= 4 is 21.7 Å². The highest BCUT2D eigenvalue weighted by molar-refractivity contribution is 5.88. The van der Waals surface area contributed by atoms with Gasteiger partial charge in [0.2, 0.25) is 0 Å². The van der Waals surface area contributed by atoms with Gasteiger partial charge >= 0.3 is 0 Å². The number of fused-ring (bicyclic) bond motifs is 2. The molecule has 34 heavy (non-hydrogen) atoms. The van der Waals surface area contributed by atoms with Gasteiger partial charge in [0, 0.05) is 17.5 Å². The van der Waals surface area contributed by atoms with Crippen LogP contribution in [0.3, 0.4) is 0 Å². The third-order valence-electron chi connectivity index (χ3n) is 5.99. The van der Waals surface area contributed by atoms with Crippen LogP contribution in [0.15, 0.2) is 95.8 Å². The van der Waals surface area contributed by atoms with E-state index in [-0.39, 0.29) is 5.56 Å². The monoisotopic (exact) mass is 450 g/mol. The number of nitrogens with zero attached hydrogens (tertiary/aromatic N) is 2. The lowest BCUT2D eigenvalue weighted by molar-refractivity contribution is 0.306. The summed E-state index contributed by atoms with van der Waals surface area (Å²) in [6.07, 6.45) is 1.62. The van der Waals surface area contributed by atoms with Gasteiger partial charge in [-0.3, -0.25) is 9.36 Å². The molecule has 5 rings (SSSR count). The quantitative estimate of drug-likeness (QED) is 0.269. The van der Waals surface area contributed by atoms with Crippen molar-refractivity contribution in [3.8, 4) is 22.9 Å². The molecule has 0 aliphatic rings. The molecule has 5 aromatic rings. The average molecular weight is 451 g/mol. The molecule has 0 aliphatic heterocycles. The molecule has 0 unspecified atom stereocenters. The van der Waals surface area contributed by atoms with Crippen LogP contribution in [0.1, 0.15) is 12.8 Å². The molecule has 0 spiro atoms. The van der Waals surface area contributed by atoms with Crippen molar-refractivity contribution in [2.75, 3.05) is 13.7 Å². The Hall–Kier alpha value is -4.12. The molecule has 1 heterocycles. The largest absolute Gasteiger partial charge is 0.497 e. The Balaban J connectivity index is 1.35. The Labute approximate surface area is 198 Å². The maximum Gasteiger partial charge on any atom is 0.261 e. The summed E-state index contributed by atoms with van der Waals surface area (Å²) >= 11 is 0. The van der Waals surface area contributed by atoms with Gasteiger partial charge in [-0.05, 0) is 60.7 Å². The summed E-state index contributed by atoms with van der Waals surface area (Å²) in [6, 6.07) is 29.5. The first kappa shape index (κ1) is 21.7. The Morgan fingerprint density at radius 2 is 1.53 bits per heavy atom. The molecule has 0 N–H and O–H groups in total. The predicted octanol–water partition coefficient (Wildman–Crippen LogP) is 6.08. The highest BCUT2D eigenvalue weighted by Gasteiger charge is 2.13. The second-order valence-electron chi connectivity index (χ2n) is 8.17. The molecule has 170 valence electrons. The molecule has 0 bridgehead atoms. The number of para-hydroxylation sites is 1. The first-order valence-electron chi connectivity index (χ1n) is 11.5. The van der Waals surface area contributed by atoms with Gasteiger partial charge in [0.15, 0.2) is 0 Å². The SMILES string of the molecule is COc1ccc(-c2nc3ccccc3c(=O)n2CCCCOc2cccc3ccccc23)cc1. The first-order chi connectivity index (χ1) is 16.7. The van der Waals surface area contributed by atoms with Crippen molar-refractivity contribution < 1.29 is 9.47 Å². The van der Waals surface area contributed by atoms with E-state index in [1.54, 1.807) is 11.7 Å². The van der Waals surface area contributed by atoms with Crippen molar-refractivity contribution in [1.82, 2.24) is 9.55 Å². The van der Waals surface area contributed by atoms with Gasteiger partial charge in [-0.15, -0.1) is 0 Å². The molecule has 0 radical (unpaired) electrons. The zero-order valence-electron chi connectivity index (χ0n) is 19.1. The van der Waals surface area contributed by atoms with Crippen LogP contribution in [0.5, 0.6) is 11.5 Å². The third kappa shape index (κ3) is 4.37. The summed E-state index contributed by atoms with van der Waals surface area (Å²) < 4.78 is 13.1. The van der Waals surface area contributed by atoms with Crippen molar-refractivity contribution in [3.05, 3.63) is 101 Å². The second kappa shape index (κ2) is 9.79. The molecule has 0 fully saturated rings. The van der Waals surface area contributed by atoms with E-state index in [9.17, 15) is 4.79 Å². The van der Waals surface area contributed by atoms with E-state index in [0.717, 1.165) is 40.7 Å². The summed E-state index contributed by atoms with van der Waals surface area (Å²) in [6.45, 7) is 1.15. The standard InChI is InChI=1S/C29H26N2O3/c1-33-23-17-15-22(16-18-23)28-30-26-13-5-4-12-25(26)29(32)31(28)19-6-7-20-34-27-14-8-10-21-9-2-3-11-24(21)27/h2-5,8-18H,6-7,19-20H2,1H3. The first-order valence-corrected chi connectivity index (χ1v) is 11.5. The Morgan fingerprint density at radius 3 is 2.35 bits per heavy atom. The number of unbranched alkanes of at least 4 members (excludes halogenated alkanes) is 1. The molecule has 4 aromatic carbocycles. The summed E-state index contributed by atoms with van der Waals surface area (Å²) in [5.74, 6) is 2.33. The number of hydrogen-bond donors (Lipinski definition) is 0. The van der Waals surface area contributed by atoms with E-state index in [1.807, 2.05) is 72.8 Å². The lowest BCUT2D eigenvalue weighted by Gasteiger charge is -2.14. The van der Waals surface area contributed by atoms with E-state index in [2.05, 4.69) is 18.2 Å². The lowest BCUT2D eigenvalue weighted by atomic mass is 10.1. The molecule has 0 atom stereocenters. The summed E-state index contributed by atoms with van der Waals surface area (Å²) in [7, 11) is 1.64.